The monoisotopic (exact) mass is 458 g/mol. The zero-order valence-corrected chi connectivity index (χ0v) is 19.4. The van der Waals surface area contributed by atoms with Gasteiger partial charge in [-0.25, -0.2) is 0 Å². The largest absolute Gasteiger partial charge is 0.372 e. The highest BCUT2D eigenvalue weighted by atomic mass is 16.6. The van der Waals surface area contributed by atoms with Crippen molar-refractivity contribution in [3.8, 4) is 0 Å². The fraction of sp³-hybridized carbons (Fsp3) is 0.609. The third-order valence-electron chi connectivity index (χ3n) is 7.11. The van der Waals surface area contributed by atoms with Crippen LogP contribution in [0.1, 0.15) is 46.1 Å². The first-order valence-electron chi connectivity index (χ1n) is 11.4. The lowest BCUT2D eigenvalue weighted by atomic mass is 9.65. The van der Waals surface area contributed by atoms with E-state index in [4.69, 9.17) is 4.74 Å². The SMILES string of the molecule is CC(=O)NC(=O)[C@]1(C(C)=O)Cc2cc([N+](=O)[O-])c(N3CCCC3)cc2N2C[C@@H](C)O[C@@H](C)[C@@H]21. The highest BCUT2D eigenvalue weighted by Gasteiger charge is 2.59. The number of hydrogen-bond donors (Lipinski definition) is 1. The summed E-state index contributed by atoms with van der Waals surface area (Å²) in [4.78, 5) is 53.9. The number of ketones is 1. The molecule has 3 aliphatic rings. The predicted molar refractivity (Wildman–Crippen MR) is 121 cm³/mol. The number of ether oxygens (including phenoxy) is 1. The zero-order chi connectivity index (χ0) is 24.1. The highest BCUT2D eigenvalue weighted by molar-refractivity contribution is 6.12. The topological polar surface area (TPSA) is 122 Å². The minimum atomic E-state index is -1.61. The highest BCUT2D eigenvalue weighted by Crippen LogP contribution is 2.49. The van der Waals surface area contributed by atoms with E-state index < -0.39 is 40.1 Å². The van der Waals surface area contributed by atoms with Crippen molar-refractivity contribution in [3.05, 3.63) is 27.8 Å². The first kappa shape index (κ1) is 23.2. The summed E-state index contributed by atoms with van der Waals surface area (Å²) in [6.07, 6.45) is 1.26. The zero-order valence-electron chi connectivity index (χ0n) is 19.4. The molecule has 1 aromatic carbocycles. The van der Waals surface area contributed by atoms with Gasteiger partial charge in [0, 0.05) is 38.3 Å². The summed E-state index contributed by atoms with van der Waals surface area (Å²) in [5, 5.41) is 14.3. The molecule has 2 fully saturated rings. The van der Waals surface area contributed by atoms with Gasteiger partial charge in [-0.3, -0.25) is 29.8 Å². The van der Waals surface area contributed by atoms with Crippen molar-refractivity contribution < 1.29 is 24.0 Å². The summed E-state index contributed by atoms with van der Waals surface area (Å²) >= 11 is 0. The third kappa shape index (κ3) is 3.76. The number of rotatable bonds is 4. The molecule has 4 rings (SSSR count). The van der Waals surface area contributed by atoms with E-state index in [2.05, 4.69) is 5.32 Å². The lowest BCUT2D eigenvalue weighted by Crippen LogP contribution is -2.69. The molecule has 0 saturated carbocycles. The molecule has 3 aliphatic heterocycles. The quantitative estimate of drug-likeness (QED) is 0.413. The second kappa shape index (κ2) is 8.40. The van der Waals surface area contributed by atoms with E-state index in [1.54, 1.807) is 0 Å². The van der Waals surface area contributed by atoms with Crippen molar-refractivity contribution in [3.63, 3.8) is 0 Å². The average molecular weight is 459 g/mol. The van der Waals surface area contributed by atoms with Crippen molar-refractivity contribution in [1.82, 2.24) is 5.32 Å². The third-order valence-corrected chi connectivity index (χ3v) is 7.11. The fourth-order valence-corrected chi connectivity index (χ4v) is 5.80. The number of nitrogens with zero attached hydrogens (tertiary/aromatic N) is 3. The van der Waals surface area contributed by atoms with Gasteiger partial charge in [-0.15, -0.1) is 0 Å². The van der Waals surface area contributed by atoms with E-state index in [1.807, 2.05) is 29.7 Å². The number of Topliss-reactive ketones (excluding diaryl/α,β-unsaturated/α-hetero) is 1. The van der Waals surface area contributed by atoms with Crippen molar-refractivity contribution in [2.45, 2.75) is 65.2 Å². The second-order valence-electron chi connectivity index (χ2n) is 9.38. The molecule has 33 heavy (non-hydrogen) atoms. The molecular weight excluding hydrogens is 428 g/mol. The number of hydrogen-bond acceptors (Lipinski definition) is 8. The van der Waals surface area contributed by atoms with Crippen LogP contribution >= 0.6 is 0 Å². The van der Waals surface area contributed by atoms with Gasteiger partial charge in [0.05, 0.1) is 23.2 Å². The van der Waals surface area contributed by atoms with E-state index in [9.17, 15) is 24.5 Å². The van der Waals surface area contributed by atoms with Crippen LogP contribution in [0.3, 0.4) is 0 Å². The summed E-state index contributed by atoms with van der Waals surface area (Å²) in [6.45, 7) is 8.20. The van der Waals surface area contributed by atoms with Gasteiger partial charge in [0.15, 0.2) is 0 Å². The number of nitro benzene ring substituents is 1. The number of nitrogens with one attached hydrogen (secondary N) is 1. The summed E-state index contributed by atoms with van der Waals surface area (Å²) in [5.41, 5.74) is 0.248. The molecule has 178 valence electrons. The van der Waals surface area contributed by atoms with Crippen LogP contribution < -0.4 is 15.1 Å². The maximum absolute atomic E-state index is 13.4. The van der Waals surface area contributed by atoms with Gasteiger partial charge < -0.3 is 14.5 Å². The Morgan fingerprint density at radius 1 is 1.15 bits per heavy atom. The normalized spacial score (nSPS) is 28.7. The summed E-state index contributed by atoms with van der Waals surface area (Å²) in [5.74, 6) is -1.66. The number of nitro groups is 1. The first-order valence-corrected chi connectivity index (χ1v) is 11.4. The molecule has 10 heteroatoms. The number of fused-ring (bicyclic) bond motifs is 3. The van der Waals surface area contributed by atoms with E-state index >= 15 is 0 Å². The van der Waals surface area contributed by atoms with Gasteiger partial charge in [-0.2, -0.15) is 0 Å². The number of morpholine rings is 1. The molecule has 0 radical (unpaired) electrons. The molecule has 2 saturated heterocycles. The predicted octanol–water partition coefficient (Wildman–Crippen LogP) is 1.97. The number of imide groups is 1. The number of amides is 2. The van der Waals surface area contributed by atoms with Gasteiger partial charge in [-0.1, -0.05) is 0 Å². The number of benzene rings is 1. The molecule has 0 bridgehead atoms. The van der Waals surface area contributed by atoms with Crippen LogP contribution in [0.5, 0.6) is 0 Å². The van der Waals surface area contributed by atoms with E-state index in [0.717, 1.165) is 31.6 Å². The molecule has 4 atom stereocenters. The number of carbonyl (C=O) groups excluding carboxylic acids is 3. The summed E-state index contributed by atoms with van der Waals surface area (Å²) < 4.78 is 6.05. The lowest BCUT2D eigenvalue weighted by molar-refractivity contribution is -0.384. The minimum Gasteiger partial charge on any atom is -0.372 e. The standard InChI is InChI=1S/C23H30N4O6/c1-13-12-26-18-10-19(25-7-5-6-8-25)20(27(31)32)9-17(18)11-23(15(3)28,21(26)14(2)33-13)22(30)24-16(4)29/h9-10,13-14,21H,5-8,11-12H2,1-4H3,(H,24,29,30)/t13-,14+,21-,23+/m1/s1. The van der Waals surface area contributed by atoms with E-state index in [0.29, 0.717) is 17.8 Å². The molecule has 3 heterocycles. The van der Waals surface area contributed by atoms with Crippen molar-refractivity contribution in [2.24, 2.45) is 5.41 Å². The van der Waals surface area contributed by atoms with Crippen LogP contribution in [0.15, 0.2) is 12.1 Å². The molecule has 10 nitrogen and oxygen atoms in total. The van der Waals surface area contributed by atoms with E-state index in [-0.39, 0.29) is 18.2 Å². The first-order chi connectivity index (χ1) is 15.6. The fourth-order valence-electron chi connectivity index (χ4n) is 5.80. The Morgan fingerprint density at radius 2 is 1.82 bits per heavy atom. The number of carbonyl (C=O) groups is 3. The van der Waals surface area contributed by atoms with Crippen LogP contribution in [0, 0.1) is 15.5 Å². The van der Waals surface area contributed by atoms with Gasteiger partial charge in [0.25, 0.3) is 5.69 Å². The van der Waals surface area contributed by atoms with Gasteiger partial charge in [0.2, 0.25) is 11.8 Å². The summed E-state index contributed by atoms with van der Waals surface area (Å²) in [6, 6.07) is 2.69. The summed E-state index contributed by atoms with van der Waals surface area (Å²) in [7, 11) is 0. The second-order valence-corrected chi connectivity index (χ2v) is 9.38. The Morgan fingerprint density at radius 3 is 2.39 bits per heavy atom. The molecular formula is C23H30N4O6. The maximum atomic E-state index is 13.4. The Kier molecular flexibility index (Phi) is 5.90. The minimum absolute atomic E-state index is 0.0344. The van der Waals surface area contributed by atoms with Crippen molar-refractivity contribution in [2.75, 3.05) is 29.4 Å². The maximum Gasteiger partial charge on any atom is 0.292 e. The van der Waals surface area contributed by atoms with Crippen molar-refractivity contribution in [1.29, 1.82) is 0 Å². The Labute approximate surface area is 192 Å². The van der Waals surface area contributed by atoms with Gasteiger partial charge in [0.1, 0.15) is 16.9 Å². The van der Waals surface area contributed by atoms with Crippen LogP contribution in [-0.4, -0.2) is 60.4 Å². The molecule has 2 amide bonds. The van der Waals surface area contributed by atoms with Gasteiger partial charge >= 0.3 is 0 Å². The van der Waals surface area contributed by atoms with Crippen LogP contribution in [0.4, 0.5) is 17.1 Å². The van der Waals surface area contributed by atoms with Gasteiger partial charge in [-0.05, 0) is 51.7 Å². The Hall–Kier alpha value is -3.01. The van der Waals surface area contributed by atoms with E-state index in [1.165, 1.54) is 19.9 Å². The molecule has 0 unspecified atom stereocenters. The molecule has 1 N–H and O–H groups in total. The van der Waals surface area contributed by atoms with Crippen LogP contribution in [-0.2, 0) is 25.5 Å². The van der Waals surface area contributed by atoms with Crippen LogP contribution in [0.25, 0.3) is 0 Å². The number of anilines is 2. The molecule has 0 aromatic heterocycles. The smallest absolute Gasteiger partial charge is 0.292 e. The molecule has 0 spiro atoms. The molecule has 1 aromatic rings. The Balaban J connectivity index is 1.94. The van der Waals surface area contributed by atoms with Crippen molar-refractivity contribution >= 4 is 34.7 Å². The Bertz CT molecular complexity index is 1020. The lowest BCUT2D eigenvalue weighted by Gasteiger charge is -2.54. The average Bonchev–Trinajstić information content (AvgIpc) is 3.25. The van der Waals surface area contributed by atoms with Crippen LogP contribution in [0.2, 0.25) is 0 Å². The molecule has 0 aliphatic carbocycles.